The molecule has 1 aliphatic heterocycles. The van der Waals surface area contributed by atoms with E-state index in [1.165, 1.54) is 30.3 Å². The van der Waals surface area contributed by atoms with E-state index < -0.39 is 40.8 Å². The highest BCUT2D eigenvalue weighted by molar-refractivity contribution is 6.24. The molecule has 10 heteroatoms. The zero-order valence-electron chi connectivity index (χ0n) is 14.3. The first kappa shape index (κ1) is 19.0. The summed E-state index contributed by atoms with van der Waals surface area (Å²) in [5.74, 6) is -3.24. The molecule has 2 aromatic rings. The van der Waals surface area contributed by atoms with Gasteiger partial charge in [-0.2, -0.15) is 0 Å². The van der Waals surface area contributed by atoms with Gasteiger partial charge in [-0.1, -0.05) is 18.2 Å². The number of carbonyl (C=O) groups excluding carboxylic acids is 3. The van der Waals surface area contributed by atoms with Crippen LogP contribution in [0.25, 0.3) is 0 Å². The van der Waals surface area contributed by atoms with Gasteiger partial charge in [0.1, 0.15) is 25.3 Å². The van der Waals surface area contributed by atoms with Crippen LogP contribution in [0.4, 0.5) is 10.1 Å². The Kier molecular flexibility index (Phi) is 5.30. The average molecular weight is 388 g/mol. The Bertz CT molecular complexity index is 976. The van der Waals surface area contributed by atoms with E-state index in [0.29, 0.717) is 4.90 Å². The summed E-state index contributed by atoms with van der Waals surface area (Å²) in [4.78, 5) is 47.4. The maximum atomic E-state index is 13.4. The van der Waals surface area contributed by atoms with E-state index in [-0.39, 0.29) is 30.1 Å². The van der Waals surface area contributed by atoms with Crippen molar-refractivity contribution in [1.82, 2.24) is 4.90 Å². The molecule has 0 atom stereocenters. The molecule has 0 fully saturated rings. The van der Waals surface area contributed by atoms with Gasteiger partial charge in [0, 0.05) is 6.07 Å². The van der Waals surface area contributed by atoms with Gasteiger partial charge >= 0.3 is 5.97 Å². The first-order chi connectivity index (χ1) is 13.4. The highest BCUT2D eigenvalue weighted by Gasteiger charge is 2.41. The third-order valence-electron chi connectivity index (χ3n) is 3.90. The van der Waals surface area contributed by atoms with Crippen molar-refractivity contribution >= 4 is 23.5 Å². The lowest BCUT2D eigenvalue weighted by atomic mass is 10.1. The molecule has 0 N–H and O–H groups in total. The van der Waals surface area contributed by atoms with Crippen LogP contribution in [0.2, 0.25) is 0 Å². The molecule has 0 saturated carbocycles. The number of halogens is 1. The number of nitro benzene ring substituents is 1. The lowest BCUT2D eigenvalue weighted by Gasteiger charge is -2.13. The maximum absolute atomic E-state index is 13.4. The van der Waals surface area contributed by atoms with Gasteiger partial charge in [0.05, 0.1) is 10.5 Å². The molecule has 2 aromatic carbocycles. The Morgan fingerprint density at radius 3 is 2.54 bits per heavy atom. The van der Waals surface area contributed by atoms with Crippen LogP contribution in [0.3, 0.4) is 0 Å². The van der Waals surface area contributed by atoms with Gasteiger partial charge in [-0.15, -0.1) is 0 Å². The smallest absolute Gasteiger partial charge is 0.326 e. The second-order valence-corrected chi connectivity index (χ2v) is 5.65. The van der Waals surface area contributed by atoms with Crippen molar-refractivity contribution in [2.24, 2.45) is 0 Å². The zero-order valence-corrected chi connectivity index (χ0v) is 14.3. The summed E-state index contributed by atoms with van der Waals surface area (Å²) in [6, 6.07) is 9.35. The molecule has 1 heterocycles. The minimum atomic E-state index is -0.938. The van der Waals surface area contributed by atoms with E-state index >= 15 is 0 Å². The number of para-hydroxylation sites is 1. The third-order valence-corrected chi connectivity index (χ3v) is 3.90. The van der Waals surface area contributed by atoms with E-state index in [0.717, 1.165) is 6.07 Å². The molecular weight excluding hydrogens is 375 g/mol. The molecule has 0 aromatic heterocycles. The molecular formula is C18H13FN2O7. The molecule has 0 spiro atoms. The molecule has 0 aliphatic carbocycles. The second-order valence-electron chi connectivity index (χ2n) is 5.65. The average Bonchev–Trinajstić information content (AvgIpc) is 2.91. The Labute approximate surface area is 157 Å². The minimum absolute atomic E-state index is 0.00814. The molecule has 0 radical (unpaired) electrons. The molecule has 3 rings (SSSR count). The van der Waals surface area contributed by atoms with Crippen LogP contribution in [-0.4, -0.2) is 47.4 Å². The molecule has 9 nitrogen and oxygen atoms in total. The molecule has 144 valence electrons. The quantitative estimate of drug-likeness (QED) is 0.234. The lowest BCUT2D eigenvalue weighted by molar-refractivity contribution is -0.385. The fraction of sp³-hybridized carbons (Fsp3) is 0.167. The topological polar surface area (TPSA) is 116 Å². The van der Waals surface area contributed by atoms with Gasteiger partial charge in [-0.05, 0) is 18.2 Å². The molecule has 2 amide bonds. The highest BCUT2D eigenvalue weighted by Crippen LogP contribution is 2.30. The Morgan fingerprint density at radius 1 is 1.07 bits per heavy atom. The molecule has 0 saturated heterocycles. The van der Waals surface area contributed by atoms with Crippen LogP contribution < -0.4 is 4.74 Å². The Hall–Kier alpha value is -3.82. The highest BCUT2D eigenvalue weighted by atomic mass is 19.1. The van der Waals surface area contributed by atoms with Gasteiger partial charge < -0.3 is 9.47 Å². The van der Waals surface area contributed by atoms with Crippen LogP contribution in [0.15, 0.2) is 42.5 Å². The van der Waals surface area contributed by atoms with Gasteiger partial charge in [0.15, 0.2) is 11.6 Å². The van der Waals surface area contributed by atoms with Gasteiger partial charge in [-0.3, -0.25) is 29.4 Å². The van der Waals surface area contributed by atoms with Crippen molar-refractivity contribution in [2.75, 3.05) is 19.8 Å². The molecule has 1 aliphatic rings. The number of ether oxygens (including phenoxy) is 2. The van der Waals surface area contributed by atoms with Crippen molar-refractivity contribution in [3.8, 4) is 5.75 Å². The number of fused-ring (bicyclic) bond motifs is 1. The van der Waals surface area contributed by atoms with E-state index in [1.54, 1.807) is 6.07 Å². The van der Waals surface area contributed by atoms with E-state index in [4.69, 9.17) is 9.47 Å². The number of nitrogens with zero attached hydrogens (tertiary/aromatic N) is 2. The Morgan fingerprint density at radius 2 is 1.82 bits per heavy atom. The number of imide groups is 1. The number of rotatable bonds is 7. The number of esters is 1. The van der Waals surface area contributed by atoms with Crippen molar-refractivity contribution in [1.29, 1.82) is 0 Å². The third kappa shape index (κ3) is 3.65. The summed E-state index contributed by atoms with van der Waals surface area (Å²) in [7, 11) is 0. The first-order valence-corrected chi connectivity index (χ1v) is 8.06. The van der Waals surface area contributed by atoms with Gasteiger partial charge in [0.25, 0.3) is 17.5 Å². The fourth-order valence-corrected chi connectivity index (χ4v) is 2.66. The number of benzene rings is 2. The van der Waals surface area contributed by atoms with Crippen molar-refractivity contribution < 1.29 is 33.2 Å². The summed E-state index contributed by atoms with van der Waals surface area (Å²) in [6.07, 6.45) is 0. The van der Waals surface area contributed by atoms with Crippen molar-refractivity contribution in [2.45, 2.75) is 0 Å². The number of carbonyl (C=O) groups is 3. The SMILES string of the molecule is O=C(CN1C(=O)c2cccc([N+](=O)[O-])c2C1=O)OCCOc1ccccc1F. The summed E-state index contributed by atoms with van der Waals surface area (Å²) in [6.45, 7) is -1.08. The summed E-state index contributed by atoms with van der Waals surface area (Å²) >= 11 is 0. The molecule has 0 unspecified atom stereocenters. The normalized spacial score (nSPS) is 12.7. The van der Waals surface area contributed by atoms with Crippen LogP contribution >= 0.6 is 0 Å². The standard InChI is InChI=1S/C18H13FN2O7/c19-12-5-1-2-7-14(12)27-8-9-28-15(22)10-20-17(23)11-4-3-6-13(21(25)26)16(11)18(20)24/h1-7H,8-10H2. The fourth-order valence-electron chi connectivity index (χ4n) is 2.66. The first-order valence-electron chi connectivity index (χ1n) is 8.06. The minimum Gasteiger partial charge on any atom is -0.487 e. The molecule has 28 heavy (non-hydrogen) atoms. The number of amides is 2. The maximum Gasteiger partial charge on any atom is 0.326 e. The second kappa shape index (κ2) is 7.82. The largest absolute Gasteiger partial charge is 0.487 e. The molecule has 0 bridgehead atoms. The summed E-state index contributed by atoms with van der Waals surface area (Å²) in [5, 5.41) is 11.0. The van der Waals surface area contributed by atoms with Crippen LogP contribution in [-0.2, 0) is 9.53 Å². The monoisotopic (exact) mass is 388 g/mol. The number of hydrogen-bond acceptors (Lipinski definition) is 7. The van der Waals surface area contributed by atoms with Crippen molar-refractivity contribution in [3.05, 3.63) is 69.5 Å². The van der Waals surface area contributed by atoms with Crippen molar-refractivity contribution in [3.63, 3.8) is 0 Å². The van der Waals surface area contributed by atoms with Gasteiger partial charge in [-0.25, -0.2) is 4.39 Å². The predicted molar refractivity (Wildman–Crippen MR) is 91.3 cm³/mol. The summed E-state index contributed by atoms with van der Waals surface area (Å²) < 4.78 is 23.4. The van der Waals surface area contributed by atoms with E-state index in [2.05, 4.69) is 0 Å². The van der Waals surface area contributed by atoms with E-state index in [9.17, 15) is 28.9 Å². The Balaban J connectivity index is 1.57. The van der Waals surface area contributed by atoms with Crippen LogP contribution in [0, 0.1) is 15.9 Å². The number of nitro groups is 1. The number of hydrogen-bond donors (Lipinski definition) is 0. The predicted octanol–water partition coefficient (Wildman–Crippen LogP) is 1.95. The van der Waals surface area contributed by atoms with Gasteiger partial charge in [0.2, 0.25) is 0 Å². The van der Waals surface area contributed by atoms with Crippen LogP contribution in [0.1, 0.15) is 20.7 Å². The zero-order chi connectivity index (χ0) is 20.3. The van der Waals surface area contributed by atoms with E-state index in [1.807, 2.05) is 0 Å². The lowest BCUT2D eigenvalue weighted by Crippen LogP contribution is -2.36. The summed E-state index contributed by atoms with van der Waals surface area (Å²) in [5.41, 5.74) is -1.01. The van der Waals surface area contributed by atoms with Crippen LogP contribution in [0.5, 0.6) is 5.75 Å².